The first kappa shape index (κ1) is 39.8. The van der Waals surface area contributed by atoms with Crippen LogP contribution in [0.2, 0.25) is 0 Å². The minimum absolute atomic E-state index is 0.0309. The second-order valence-corrected chi connectivity index (χ2v) is 15.2. The van der Waals surface area contributed by atoms with Crippen LogP contribution in [0.25, 0.3) is 0 Å². The van der Waals surface area contributed by atoms with Crippen molar-refractivity contribution in [2.45, 2.75) is 189 Å². The van der Waals surface area contributed by atoms with Crippen molar-refractivity contribution in [3.8, 4) is 0 Å². The van der Waals surface area contributed by atoms with Crippen LogP contribution in [0.5, 0.6) is 0 Å². The maximum Gasteiger partial charge on any atom is 0.164 e. The molecule has 0 radical (unpaired) electrons. The molecule has 0 aliphatic rings. The first-order chi connectivity index (χ1) is 20.3. The summed E-state index contributed by atoms with van der Waals surface area (Å²) >= 11 is 0. The Morgan fingerprint density at radius 1 is 0.698 bits per heavy atom. The molecule has 0 fully saturated rings. The average Bonchev–Trinajstić information content (AvgIpc) is 2.95. The van der Waals surface area contributed by atoms with E-state index in [1.807, 2.05) is 38.1 Å². The highest BCUT2D eigenvalue weighted by atomic mass is 16.5. The molecule has 0 saturated heterocycles. The van der Waals surface area contributed by atoms with E-state index in [-0.39, 0.29) is 23.4 Å². The van der Waals surface area contributed by atoms with Crippen molar-refractivity contribution in [2.75, 3.05) is 6.61 Å². The lowest BCUT2D eigenvalue weighted by atomic mass is 9.73. The summed E-state index contributed by atoms with van der Waals surface area (Å²) in [6.45, 7) is 18.4. The fourth-order valence-corrected chi connectivity index (χ4v) is 5.75. The molecular formula is C39H70O4. The van der Waals surface area contributed by atoms with E-state index in [1.165, 1.54) is 89.9 Å². The Morgan fingerprint density at radius 2 is 1.19 bits per heavy atom. The lowest BCUT2D eigenvalue weighted by Crippen LogP contribution is -2.35. The molecule has 1 N–H and O–H groups in total. The lowest BCUT2D eigenvalue weighted by Gasteiger charge is -2.37. The Kier molecular flexibility index (Phi) is 19.9. The first-order valence-corrected chi connectivity index (χ1v) is 17.8. The normalized spacial score (nSPS) is 13.4. The summed E-state index contributed by atoms with van der Waals surface area (Å²) in [5.74, 6) is 0.579. The molecule has 1 unspecified atom stereocenters. The summed E-state index contributed by atoms with van der Waals surface area (Å²) in [6.07, 6.45) is 21.6. The number of carbonyl (C=O) groups is 1. The second kappa shape index (κ2) is 21.5. The number of benzene rings is 1. The van der Waals surface area contributed by atoms with Gasteiger partial charge in [0.1, 0.15) is 5.60 Å². The lowest BCUT2D eigenvalue weighted by molar-refractivity contribution is -0.142. The van der Waals surface area contributed by atoms with Crippen molar-refractivity contribution >= 4 is 5.78 Å². The van der Waals surface area contributed by atoms with Gasteiger partial charge in [-0.25, -0.2) is 0 Å². The summed E-state index contributed by atoms with van der Waals surface area (Å²) < 4.78 is 12.4. The highest BCUT2D eigenvalue weighted by Crippen LogP contribution is 2.37. The van der Waals surface area contributed by atoms with E-state index in [2.05, 4.69) is 41.5 Å². The molecule has 0 aromatic heterocycles. The largest absolute Gasteiger partial charge is 0.392 e. The summed E-state index contributed by atoms with van der Waals surface area (Å²) in [5, 5.41) is 9.25. The SMILES string of the molecule is CCCCCCCCCCCCCCCC(C)(C)C(CCCC(=O)C(C)(C)OCc1ccc(CO)cc1)COC(C)(C)C. The van der Waals surface area contributed by atoms with Gasteiger partial charge in [0.05, 0.1) is 25.4 Å². The van der Waals surface area contributed by atoms with Crippen molar-refractivity contribution in [1.29, 1.82) is 0 Å². The molecule has 4 nitrogen and oxygen atoms in total. The number of ether oxygens (including phenoxy) is 2. The highest BCUT2D eigenvalue weighted by molar-refractivity contribution is 5.86. The number of aliphatic hydroxyl groups excluding tert-OH is 1. The van der Waals surface area contributed by atoms with Crippen LogP contribution in [0.15, 0.2) is 24.3 Å². The molecule has 0 spiro atoms. The van der Waals surface area contributed by atoms with E-state index in [4.69, 9.17) is 9.47 Å². The Balaban J connectivity index is 2.43. The second-order valence-electron chi connectivity index (χ2n) is 15.2. The molecule has 250 valence electrons. The zero-order valence-corrected chi connectivity index (χ0v) is 29.7. The van der Waals surface area contributed by atoms with Gasteiger partial charge in [-0.15, -0.1) is 0 Å². The van der Waals surface area contributed by atoms with Gasteiger partial charge in [-0.1, -0.05) is 129 Å². The molecule has 1 aromatic carbocycles. The minimum Gasteiger partial charge on any atom is -0.392 e. The van der Waals surface area contributed by atoms with Gasteiger partial charge in [-0.2, -0.15) is 0 Å². The van der Waals surface area contributed by atoms with Crippen LogP contribution >= 0.6 is 0 Å². The standard InChI is InChI=1S/C39H70O4/c1-9-10-11-12-13-14-15-16-17-18-19-20-21-29-38(5,6)35(32-42-37(2,3)4)23-22-24-36(41)39(7,8)43-31-34-27-25-33(30-40)26-28-34/h25-28,35,40H,9-24,29-32H2,1-8H3. The van der Waals surface area contributed by atoms with Crippen LogP contribution in [0.3, 0.4) is 0 Å². The Hall–Kier alpha value is -1.23. The van der Waals surface area contributed by atoms with Gasteiger partial charge in [0.2, 0.25) is 0 Å². The van der Waals surface area contributed by atoms with Crippen molar-refractivity contribution in [1.82, 2.24) is 0 Å². The third-order valence-electron chi connectivity index (χ3n) is 9.18. The number of Topliss-reactive ketones (excluding diaryl/α,β-unsaturated/α-hetero) is 1. The predicted molar refractivity (Wildman–Crippen MR) is 183 cm³/mol. The van der Waals surface area contributed by atoms with Gasteiger partial charge in [0, 0.05) is 6.42 Å². The summed E-state index contributed by atoms with van der Waals surface area (Å²) in [7, 11) is 0. The van der Waals surface area contributed by atoms with Gasteiger partial charge in [-0.3, -0.25) is 4.79 Å². The molecule has 0 aliphatic heterocycles. The van der Waals surface area contributed by atoms with Crippen LogP contribution in [0, 0.1) is 11.3 Å². The van der Waals surface area contributed by atoms with Crippen LogP contribution in [-0.4, -0.2) is 28.7 Å². The molecule has 0 saturated carbocycles. The van der Waals surface area contributed by atoms with Crippen LogP contribution in [0.4, 0.5) is 0 Å². The molecule has 1 aromatic rings. The van der Waals surface area contributed by atoms with Crippen molar-refractivity contribution in [3.63, 3.8) is 0 Å². The average molecular weight is 603 g/mol. The van der Waals surface area contributed by atoms with Crippen molar-refractivity contribution in [2.24, 2.45) is 11.3 Å². The first-order valence-electron chi connectivity index (χ1n) is 17.8. The molecule has 0 amide bonds. The fourth-order valence-electron chi connectivity index (χ4n) is 5.75. The quantitative estimate of drug-likeness (QED) is 0.107. The topological polar surface area (TPSA) is 55.8 Å². The molecule has 0 heterocycles. The smallest absolute Gasteiger partial charge is 0.164 e. The minimum atomic E-state index is -0.822. The number of hydrogen-bond acceptors (Lipinski definition) is 4. The zero-order valence-electron chi connectivity index (χ0n) is 29.7. The molecule has 4 heteroatoms. The van der Waals surface area contributed by atoms with Gasteiger partial charge in [-0.05, 0) is 76.3 Å². The van der Waals surface area contributed by atoms with Crippen LogP contribution in [0.1, 0.15) is 176 Å². The zero-order chi connectivity index (χ0) is 32.2. The molecular weight excluding hydrogens is 532 g/mol. The molecule has 1 rings (SSSR count). The van der Waals surface area contributed by atoms with Crippen molar-refractivity contribution in [3.05, 3.63) is 35.4 Å². The number of hydrogen-bond donors (Lipinski definition) is 1. The third-order valence-corrected chi connectivity index (χ3v) is 9.18. The fraction of sp³-hybridized carbons (Fsp3) is 0.821. The number of carbonyl (C=O) groups excluding carboxylic acids is 1. The van der Waals surface area contributed by atoms with Gasteiger partial charge < -0.3 is 14.6 Å². The Bertz CT molecular complexity index is 834. The maximum atomic E-state index is 13.2. The van der Waals surface area contributed by atoms with Crippen LogP contribution < -0.4 is 0 Å². The molecule has 43 heavy (non-hydrogen) atoms. The number of aliphatic hydroxyl groups is 1. The summed E-state index contributed by atoms with van der Waals surface area (Å²) in [4.78, 5) is 13.2. The molecule has 0 aliphatic carbocycles. The maximum absolute atomic E-state index is 13.2. The monoisotopic (exact) mass is 603 g/mol. The van der Waals surface area contributed by atoms with E-state index in [1.54, 1.807) is 0 Å². The number of unbranched alkanes of at least 4 members (excludes halogenated alkanes) is 12. The van der Waals surface area contributed by atoms with Crippen LogP contribution in [-0.2, 0) is 27.5 Å². The van der Waals surface area contributed by atoms with Crippen molar-refractivity contribution < 1.29 is 19.4 Å². The molecule has 1 atom stereocenters. The Morgan fingerprint density at radius 3 is 1.67 bits per heavy atom. The van der Waals surface area contributed by atoms with E-state index >= 15 is 0 Å². The van der Waals surface area contributed by atoms with E-state index < -0.39 is 5.60 Å². The third kappa shape index (κ3) is 19.0. The predicted octanol–water partition coefficient (Wildman–Crippen LogP) is 11.2. The Labute approximate surface area is 267 Å². The van der Waals surface area contributed by atoms with E-state index in [0.29, 0.717) is 18.9 Å². The summed E-state index contributed by atoms with van der Waals surface area (Å²) in [6, 6.07) is 7.69. The van der Waals surface area contributed by atoms with Gasteiger partial charge in [0.15, 0.2) is 5.78 Å². The number of rotatable bonds is 26. The summed E-state index contributed by atoms with van der Waals surface area (Å²) in [5.41, 5.74) is 1.08. The van der Waals surface area contributed by atoms with E-state index in [9.17, 15) is 9.90 Å². The van der Waals surface area contributed by atoms with E-state index in [0.717, 1.165) is 30.6 Å². The molecule has 0 bridgehead atoms. The van der Waals surface area contributed by atoms with Gasteiger partial charge >= 0.3 is 0 Å². The highest BCUT2D eigenvalue weighted by Gasteiger charge is 2.32. The number of ketones is 1. The van der Waals surface area contributed by atoms with Gasteiger partial charge in [0.25, 0.3) is 0 Å².